The van der Waals surface area contributed by atoms with Gasteiger partial charge < -0.3 is 5.11 Å². The van der Waals surface area contributed by atoms with Crippen molar-refractivity contribution in [1.82, 2.24) is 9.78 Å². The summed E-state index contributed by atoms with van der Waals surface area (Å²) in [6.07, 6.45) is 14.4. The molecule has 0 spiro atoms. The minimum absolute atomic E-state index is 0.397. The van der Waals surface area contributed by atoms with Crippen molar-refractivity contribution in [1.29, 1.82) is 5.26 Å². The van der Waals surface area contributed by atoms with Gasteiger partial charge in [0.15, 0.2) is 5.69 Å². The molecule has 0 radical (unpaired) electrons. The van der Waals surface area contributed by atoms with E-state index in [0.717, 1.165) is 55.4 Å². The molecule has 0 saturated heterocycles. The van der Waals surface area contributed by atoms with Crippen molar-refractivity contribution in [3.63, 3.8) is 0 Å². The fourth-order valence-electron chi connectivity index (χ4n) is 9.56. The van der Waals surface area contributed by atoms with Crippen LogP contribution in [0.5, 0.6) is 0 Å². The molecule has 4 saturated carbocycles. The number of hydrogen-bond acceptors (Lipinski definition) is 3. The molecule has 4 heteroatoms. The van der Waals surface area contributed by atoms with Crippen LogP contribution in [-0.4, -0.2) is 20.5 Å². The molecule has 176 valence electrons. The third kappa shape index (κ3) is 3.37. The Bertz CT molecular complexity index is 887. The number of rotatable bonds is 4. The van der Waals surface area contributed by atoms with Crippen molar-refractivity contribution >= 4 is 0 Å². The molecule has 0 aromatic carbocycles. The molecule has 0 aliphatic heterocycles. The summed E-state index contributed by atoms with van der Waals surface area (Å²) in [5.41, 5.74) is 1.03. The average molecular weight is 438 g/mol. The van der Waals surface area contributed by atoms with Crippen LogP contribution in [0.2, 0.25) is 0 Å². The Morgan fingerprint density at radius 2 is 1.91 bits per heavy atom. The van der Waals surface area contributed by atoms with Crippen LogP contribution >= 0.6 is 0 Å². The van der Waals surface area contributed by atoms with Gasteiger partial charge in [-0.15, -0.1) is 0 Å². The van der Waals surface area contributed by atoms with Crippen molar-refractivity contribution < 1.29 is 5.11 Å². The van der Waals surface area contributed by atoms with E-state index in [1.54, 1.807) is 0 Å². The minimum Gasteiger partial charge on any atom is -0.390 e. The normalized spacial score (nSPS) is 46.6. The largest absolute Gasteiger partial charge is 0.390 e. The molecule has 4 fully saturated rings. The summed E-state index contributed by atoms with van der Waals surface area (Å²) in [6.45, 7) is 10.7. The molecular weight excluding hydrogens is 394 g/mol. The van der Waals surface area contributed by atoms with Crippen molar-refractivity contribution in [2.45, 2.75) is 104 Å². The summed E-state index contributed by atoms with van der Waals surface area (Å²) >= 11 is 0. The van der Waals surface area contributed by atoms with E-state index in [0.29, 0.717) is 22.4 Å². The van der Waals surface area contributed by atoms with Gasteiger partial charge in [0.25, 0.3) is 0 Å². The molecule has 4 aliphatic rings. The lowest BCUT2D eigenvalue weighted by Crippen LogP contribution is -2.56. The number of aliphatic hydroxyl groups is 1. The van der Waals surface area contributed by atoms with Crippen LogP contribution in [0.25, 0.3) is 0 Å². The van der Waals surface area contributed by atoms with Crippen LogP contribution in [0.15, 0.2) is 12.3 Å². The van der Waals surface area contributed by atoms with E-state index >= 15 is 0 Å². The minimum atomic E-state index is -0.397. The van der Waals surface area contributed by atoms with Gasteiger partial charge in [0, 0.05) is 12.7 Å². The summed E-state index contributed by atoms with van der Waals surface area (Å²) in [4.78, 5) is 0. The van der Waals surface area contributed by atoms with Crippen molar-refractivity contribution in [3.8, 4) is 6.07 Å². The molecule has 1 heterocycles. The maximum Gasteiger partial charge on any atom is 0.162 e. The van der Waals surface area contributed by atoms with Crippen LogP contribution in [0, 0.1) is 57.7 Å². The van der Waals surface area contributed by atoms with Crippen molar-refractivity contribution in [2.24, 2.45) is 46.3 Å². The zero-order valence-electron chi connectivity index (χ0n) is 20.7. The number of nitrogens with zero attached hydrogens (tertiary/aromatic N) is 3. The monoisotopic (exact) mass is 437 g/mol. The predicted octanol–water partition coefficient (Wildman–Crippen LogP) is 6.19. The van der Waals surface area contributed by atoms with Crippen molar-refractivity contribution in [3.05, 3.63) is 18.0 Å². The lowest BCUT2D eigenvalue weighted by atomic mass is 9.43. The van der Waals surface area contributed by atoms with Crippen molar-refractivity contribution in [2.75, 3.05) is 0 Å². The molecule has 1 aromatic rings. The van der Waals surface area contributed by atoms with Gasteiger partial charge in [-0.1, -0.05) is 27.7 Å². The zero-order valence-corrected chi connectivity index (χ0v) is 20.7. The van der Waals surface area contributed by atoms with Crippen LogP contribution in [0.1, 0.15) is 97.6 Å². The van der Waals surface area contributed by atoms with Gasteiger partial charge in [-0.25, -0.2) is 0 Å². The quantitative estimate of drug-likeness (QED) is 0.611. The Labute approximate surface area is 194 Å². The molecule has 0 unspecified atom stereocenters. The first-order valence-electron chi connectivity index (χ1n) is 13.4. The summed E-state index contributed by atoms with van der Waals surface area (Å²) in [5.74, 6) is 4.68. The second kappa shape index (κ2) is 7.86. The molecule has 0 amide bonds. The number of aromatic nitrogens is 2. The Balaban J connectivity index is 1.32. The molecule has 1 N–H and O–H groups in total. The van der Waals surface area contributed by atoms with E-state index in [-0.39, 0.29) is 0 Å². The third-order valence-corrected chi connectivity index (χ3v) is 11.5. The molecule has 4 nitrogen and oxygen atoms in total. The molecule has 5 rings (SSSR count). The Morgan fingerprint density at radius 1 is 1.12 bits per heavy atom. The molecule has 0 bridgehead atoms. The highest BCUT2D eigenvalue weighted by Crippen LogP contribution is 2.68. The van der Waals surface area contributed by atoms with E-state index < -0.39 is 5.60 Å². The highest BCUT2D eigenvalue weighted by atomic mass is 16.3. The Morgan fingerprint density at radius 3 is 2.62 bits per heavy atom. The smallest absolute Gasteiger partial charge is 0.162 e. The van der Waals surface area contributed by atoms with Crippen LogP contribution < -0.4 is 0 Å². The standard InChI is InChI=1S/C28H43N3O/c1-5-28(32)14-13-26(3)20(16-28)6-7-22-24-9-8-23(27(24,4)12-10-25(22)26)19(2)18-31-15-11-21(17-29)30-31/h11,15,19-20,22-25,32H,5-10,12-14,16,18H2,1-4H3/t19-,20-,22+,23-,24+,25+,26+,27-,28-/m1/s1. The number of hydrogen-bond donors (Lipinski definition) is 1. The van der Waals surface area contributed by atoms with Gasteiger partial charge in [0.2, 0.25) is 0 Å². The van der Waals surface area contributed by atoms with Gasteiger partial charge in [-0.05, 0) is 117 Å². The lowest BCUT2D eigenvalue weighted by molar-refractivity contribution is -0.152. The molecule has 32 heavy (non-hydrogen) atoms. The second-order valence-electron chi connectivity index (χ2n) is 12.7. The SMILES string of the molecule is CC[C@@]1(O)CC[C@@]2(C)[C@H](CC[C@@H]3[C@@H]2CC[C@]2(C)[C@@H]([C@H](C)Cn4ccc(C#N)n4)CC[C@@H]32)C1. The topological polar surface area (TPSA) is 61.8 Å². The Hall–Kier alpha value is -1.34. The van der Waals surface area contributed by atoms with Gasteiger partial charge >= 0.3 is 0 Å². The maximum atomic E-state index is 11.0. The van der Waals surface area contributed by atoms with E-state index in [4.69, 9.17) is 5.26 Å². The predicted molar refractivity (Wildman–Crippen MR) is 127 cm³/mol. The molecule has 4 aliphatic carbocycles. The van der Waals surface area contributed by atoms with E-state index in [1.165, 1.54) is 44.9 Å². The summed E-state index contributed by atoms with van der Waals surface area (Å²) in [6, 6.07) is 3.99. The maximum absolute atomic E-state index is 11.0. The fourth-order valence-corrected chi connectivity index (χ4v) is 9.56. The third-order valence-electron chi connectivity index (χ3n) is 11.5. The summed E-state index contributed by atoms with van der Waals surface area (Å²) in [7, 11) is 0. The van der Waals surface area contributed by atoms with Crippen LogP contribution in [0.4, 0.5) is 0 Å². The van der Waals surface area contributed by atoms with Gasteiger partial charge in [0.1, 0.15) is 6.07 Å². The zero-order chi connectivity index (χ0) is 22.7. The fraction of sp³-hybridized carbons (Fsp3) is 0.857. The van der Waals surface area contributed by atoms with E-state index in [2.05, 4.69) is 38.9 Å². The molecule has 1 aromatic heterocycles. The van der Waals surface area contributed by atoms with Gasteiger partial charge in [0.05, 0.1) is 5.60 Å². The lowest BCUT2D eigenvalue weighted by Gasteiger charge is -2.62. The average Bonchev–Trinajstić information content (AvgIpc) is 3.37. The first-order valence-corrected chi connectivity index (χ1v) is 13.4. The second-order valence-corrected chi connectivity index (χ2v) is 12.7. The van der Waals surface area contributed by atoms with Crippen LogP contribution in [0.3, 0.4) is 0 Å². The number of fused-ring (bicyclic) bond motifs is 5. The summed E-state index contributed by atoms with van der Waals surface area (Å²) in [5, 5.41) is 24.6. The van der Waals surface area contributed by atoms with Gasteiger partial charge in [-0.2, -0.15) is 10.4 Å². The summed E-state index contributed by atoms with van der Waals surface area (Å²) < 4.78 is 1.99. The van der Waals surface area contributed by atoms with Crippen LogP contribution in [-0.2, 0) is 6.54 Å². The van der Waals surface area contributed by atoms with E-state index in [1.807, 2.05) is 16.9 Å². The molecular formula is C28H43N3O. The highest BCUT2D eigenvalue weighted by Gasteiger charge is 2.61. The first-order chi connectivity index (χ1) is 15.2. The number of nitriles is 1. The Kier molecular flexibility index (Phi) is 5.52. The van der Waals surface area contributed by atoms with Gasteiger partial charge in [-0.3, -0.25) is 4.68 Å². The highest BCUT2D eigenvalue weighted by molar-refractivity contribution is 5.16. The molecule has 9 atom stereocenters. The first kappa shape index (κ1) is 22.5. The van der Waals surface area contributed by atoms with E-state index in [9.17, 15) is 5.11 Å².